The second-order valence-electron chi connectivity index (χ2n) is 4.06. The van der Waals surface area contributed by atoms with E-state index < -0.39 is 11.5 Å². The normalized spacial score (nSPS) is 10.2. The summed E-state index contributed by atoms with van der Waals surface area (Å²) in [6, 6.07) is 4.64. The summed E-state index contributed by atoms with van der Waals surface area (Å²) in [5.41, 5.74) is 0.381. The molecular weight excluding hydrogens is 248 g/mol. The minimum Gasteiger partial charge on any atom is -0.478 e. The number of aryl methyl sites for hydroxylation is 2. The SMILES string of the molecule is Cc1ccc(C(=O)O)c(Oc2nccn(C)c2=O)c1. The predicted molar refractivity (Wildman–Crippen MR) is 67.7 cm³/mol. The summed E-state index contributed by atoms with van der Waals surface area (Å²) < 4.78 is 6.64. The van der Waals surface area contributed by atoms with Crippen molar-refractivity contribution in [1.29, 1.82) is 0 Å². The van der Waals surface area contributed by atoms with E-state index in [4.69, 9.17) is 9.84 Å². The molecule has 0 saturated heterocycles. The molecule has 0 unspecified atom stereocenters. The van der Waals surface area contributed by atoms with Gasteiger partial charge >= 0.3 is 11.5 Å². The number of hydrogen-bond acceptors (Lipinski definition) is 4. The van der Waals surface area contributed by atoms with Crippen molar-refractivity contribution in [2.75, 3.05) is 0 Å². The van der Waals surface area contributed by atoms with E-state index in [9.17, 15) is 9.59 Å². The van der Waals surface area contributed by atoms with Crippen LogP contribution in [-0.2, 0) is 7.05 Å². The topological polar surface area (TPSA) is 81.4 Å². The van der Waals surface area contributed by atoms with Crippen molar-refractivity contribution >= 4 is 5.97 Å². The van der Waals surface area contributed by atoms with Gasteiger partial charge in [0.05, 0.1) is 0 Å². The van der Waals surface area contributed by atoms with Gasteiger partial charge in [0.1, 0.15) is 11.3 Å². The third-order valence-corrected chi connectivity index (χ3v) is 2.56. The highest BCUT2D eigenvalue weighted by Crippen LogP contribution is 2.23. The number of aromatic nitrogens is 2. The van der Waals surface area contributed by atoms with Crippen LogP contribution in [0.25, 0.3) is 0 Å². The third kappa shape index (κ3) is 2.62. The molecule has 0 saturated carbocycles. The summed E-state index contributed by atoms with van der Waals surface area (Å²) in [4.78, 5) is 26.7. The Morgan fingerprint density at radius 3 is 2.84 bits per heavy atom. The summed E-state index contributed by atoms with van der Waals surface area (Å²) in [7, 11) is 1.56. The Morgan fingerprint density at radius 1 is 1.42 bits per heavy atom. The molecule has 19 heavy (non-hydrogen) atoms. The number of nitrogens with zero attached hydrogens (tertiary/aromatic N) is 2. The average molecular weight is 260 g/mol. The maximum Gasteiger partial charge on any atom is 0.339 e. The molecule has 2 aromatic rings. The van der Waals surface area contributed by atoms with E-state index in [0.29, 0.717) is 0 Å². The molecule has 0 amide bonds. The zero-order chi connectivity index (χ0) is 14.0. The van der Waals surface area contributed by atoms with Crippen LogP contribution in [-0.4, -0.2) is 20.6 Å². The lowest BCUT2D eigenvalue weighted by Crippen LogP contribution is -2.18. The molecule has 6 heteroatoms. The van der Waals surface area contributed by atoms with Gasteiger partial charge in [-0.25, -0.2) is 9.78 Å². The summed E-state index contributed by atoms with van der Waals surface area (Å²) in [6.07, 6.45) is 2.90. The van der Waals surface area contributed by atoms with Crippen molar-refractivity contribution in [3.63, 3.8) is 0 Å². The molecule has 1 aromatic carbocycles. The van der Waals surface area contributed by atoms with E-state index in [1.165, 1.54) is 23.0 Å². The number of aromatic carboxylic acids is 1. The minimum atomic E-state index is -1.12. The fourth-order valence-electron chi connectivity index (χ4n) is 1.54. The minimum absolute atomic E-state index is 0.0155. The monoisotopic (exact) mass is 260 g/mol. The average Bonchev–Trinajstić information content (AvgIpc) is 2.35. The van der Waals surface area contributed by atoms with Crippen molar-refractivity contribution in [1.82, 2.24) is 9.55 Å². The molecule has 0 spiro atoms. The fourth-order valence-corrected chi connectivity index (χ4v) is 1.54. The predicted octanol–water partition coefficient (Wildman–Crippen LogP) is 1.58. The Balaban J connectivity index is 2.48. The van der Waals surface area contributed by atoms with Crippen LogP contribution in [0, 0.1) is 6.92 Å². The molecular formula is C13H12N2O4. The zero-order valence-corrected chi connectivity index (χ0v) is 10.5. The van der Waals surface area contributed by atoms with Crippen LogP contribution in [0.4, 0.5) is 0 Å². The van der Waals surface area contributed by atoms with E-state index in [-0.39, 0.29) is 17.2 Å². The highest BCUT2D eigenvalue weighted by molar-refractivity contribution is 5.91. The van der Waals surface area contributed by atoms with Crippen molar-refractivity contribution in [3.05, 3.63) is 52.1 Å². The quantitative estimate of drug-likeness (QED) is 0.906. The van der Waals surface area contributed by atoms with Crippen LogP contribution in [0.5, 0.6) is 11.6 Å². The summed E-state index contributed by atoms with van der Waals surface area (Å²) in [5.74, 6) is -1.18. The van der Waals surface area contributed by atoms with Crippen LogP contribution in [0.2, 0.25) is 0 Å². The van der Waals surface area contributed by atoms with Gasteiger partial charge in [0.2, 0.25) is 0 Å². The first-order valence-electron chi connectivity index (χ1n) is 5.52. The van der Waals surface area contributed by atoms with E-state index in [2.05, 4.69) is 4.98 Å². The molecule has 0 aliphatic rings. The number of rotatable bonds is 3. The molecule has 1 N–H and O–H groups in total. The van der Waals surface area contributed by atoms with Gasteiger partial charge in [-0.2, -0.15) is 0 Å². The van der Waals surface area contributed by atoms with Crippen LogP contribution in [0.3, 0.4) is 0 Å². The van der Waals surface area contributed by atoms with Crippen molar-refractivity contribution in [2.45, 2.75) is 6.92 Å². The maximum absolute atomic E-state index is 11.8. The van der Waals surface area contributed by atoms with E-state index >= 15 is 0 Å². The Bertz CT molecular complexity index is 691. The van der Waals surface area contributed by atoms with Crippen LogP contribution in [0.15, 0.2) is 35.4 Å². The largest absolute Gasteiger partial charge is 0.478 e. The fraction of sp³-hybridized carbons (Fsp3) is 0.154. The van der Waals surface area contributed by atoms with Gasteiger partial charge in [0.25, 0.3) is 5.88 Å². The summed E-state index contributed by atoms with van der Waals surface area (Å²) >= 11 is 0. The van der Waals surface area contributed by atoms with Crippen molar-refractivity contribution in [2.24, 2.45) is 7.05 Å². The van der Waals surface area contributed by atoms with Gasteiger partial charge in [0.15, 0.2) is 0 Å². The highest BCUT2D eigenvalue weighted by atomic mass is 16.5. The molecule has 2 rings (SSSR count). The van der Waals surface area contributed by atoms with Gasteiger partial charge in [-0.15, -0.1) is 0 Å². The third-order valence-electron chi connectivity index (χ3n) is 2.56. The number of ether oxygens (including phenoxy) is 1. The lowest BCUT2D eigenvalue weighted by molar-refractivity contribution is 0.0694. The number of carboxylic acid groups (broad SMARTS) is 1. The lowest BCUT2D eigenvalue weighted by Gasteiger charge is -2.08. The van der Waals surface area contributed by atoms with E-state index in [1.54, 1.807) is 26.1 Å². The molecule has 6 nitrogen and oxygen atoms in total. The number of benzene rings is 1. The molecule has 0 aliphatic carbocycles. The summed E-state index contributed by atoms with van der Waals surface area (Å²) in [5, 5.41) is 9.07. The van der Waals surface area contributed by atoms with Gasteiger partial charge in [0, 0.05) is 19.4 Å². The highest BCUT2D eigenvalue weighted by Gasteiger charge is 2.14. The molecule has 98 valence electrons. The van der Waals surface area contributed by atoms with Crippen LogP contribution >= 0.6 is 0 Å². The number of hydrogen-bond donors (Lipinski definition) is 1. The first-order valence-corrected chi connectivity index (χ1v) is 5.52. The second kappa shape index (κ2) is 4.93. The number of carboxylic acids is 1. The first kappa shape index (κ1) is 12.8. The lowest BCUT2D eigenvalue weighted by atomic mass is 10.1. The molecule has 0 bridgehead atoms. The Kier molecular flexibility index (Phi) is 3.33. The standard InChI is InChI=1S/C13H12N2O4/c1-8-3-4-9(13(17)18)10(7-8)19-11-12(16)15(2)6-5-14-11/h3-7H,1-2H3,(H,17,18). The number of carbonyl (C=O) groups is 1. The molecule has 1 heterocycles. The van der Waals surface area contributed by atoms with E-state index in [0.717, 1.165) is 5.56 Å². The molecule has 1 aromatic heterocycles. The van der Waals surface area contributed by atoms with Gasteiger partial charge in [-0.1, -0.05) is 6.07 Å². The second-order valence-corrected chi connectivity index (χ2v) is 4.06. The molecule has 0 fully saturated rings. The summed E-state index contributed by atoms with van der Waals surface area (Å²) in [6.45, 7) is 1.80. The van der Waals surface area contributed by atoms with Crippen LogP contribution < -0.4 is 10.3 Å². The van der Waals surface area contributed by atoms with E-state index in [1.807, 2.05) is 0 Å². The zero-order valence-electron chi connectivity index (χ0n) is 10.5. The molecule has 0 aliphatic heterocycles. The Labute approximate surface area is 108 Å². The Morgan fingerprint density at radius 2 is 2.16 bits per heavy atom. The smallest absolute Gasteiger partial charge is 0.339 e. The van der Waals surface area contributed by atoms with Gasteiger partial charge < -0.3 is 14.4 Å². The molecule has 0 radical (unpaired) electrons. The first-order chi connectivity index (χ1) is 8.99. The molecule has 0 atom stereocenters. The van der Waals surface area contributed by atoms with Crippen molar-refractivity contribution < 1.29 is 14.6 Å². The van der Waals surface area contributed by atoms with Gasteiger partial charge in [-0.05, 0) is 24.6 Å². The van der Waals surface area contributed by atoms with Crippen molar-refractivity contribution in [3.8, 4) is 11.6 Å². The maximum atomic E-state index is 11.8. The van der Waals surface area contributed by atoms with Gasteiger partial charge in [-0.3, -0.25) is 4.79 Å². The van der Waals surface area contributed by atoms with Crippen LogP contribution in [0.1, 0.15) is 15.9 Å². The Hall–Kier alpha value is -2.63.